The van der Waals surface area contributed by atoms with Crippen LogP contribution in [0.2, 0.25) is 0 Å². The molecule has 34 heavy (non-hydrogen) atoms. The quantitative estimate of drug-likeness (QED) is 0.464. The fourth-order valence-corrected chi connectivity index (χ4v) is 4.23. The number of hydrogen-bond acceptors (Lipinski definition) is 5. The summed E-state index contributed by atoms with van der Waals surface area (Å²) in [5, 5.41) is 14.5. The predicted octanol–water partition coefficient (Wildman–Crippen LogP) is 3.69. The van der Waals surface area contributed by atoms with Crippen LogP contribution in [0.25, 0.3) is 11.1 Å². The van der Waals surface area contributed by atoms with E-state index in [2.05, 4.69) is 22.8 Å². The molecule has 2 amide bonds. The minimum Gasteiger partial charge on any atom is -0.480 e. The monoisotopic (exact) mass is 468 g/mol. The van der Waals surface area contributed by atoms with Gasteiger partial charge in [0.1, 0.15) is 12.6 Å². The Morgan fingerprint density at radius 3 is 2.12 bits per heavy atom. The number of carboxylic acid groups (broad SMARTS) is 1. The van der Waals surface area contributed by atoms with E-state index < -0.39 is 36.2 Å². The molecule has 0 bridgehead atoms. The van der Waals surface area contributed by atoms with Gasteiger partial charge >= 0.3 is 12.1 Å². The summed E-state index contributed by atoms with van der Waals surface area (Å²) in [5.41, 5.74) is 4.43. The predicted molar refractivity (Wildman–Crippen MR) is 128 cm³/mol. The lowest BCUT2D eigenvalue weighted by Gasteiger charge is -2.24. The number of nitrogens with one attached hydrogen (secondary N) is 2. The zero-order valence-electron chi connectivity index (χ0n) is 19.7. The van der Waals surface area contributed by atoms with E-state index in [1.165, 1.54) is 7.11 Å². The van der Waals surface area contributed by atoms with Gasteiger partial charge in [0, 0.05) is 13.0 Å². The molecule has 1 unspecified atom stereocenters. The van der Waals surface area contributed by atoms with Gasteiger partial charge in [-0.05, 0) is 35.6 Å². The van der Waals surface area contributed by atoms with Gasteiger partial charge in [-0.15, -0.1) is 0 Å². The molecule has 0 fully saturated rings. The van der Waals surface area contributed by atoms with E-state index in [1.54, 1.807) is 6.92 Å². The number of carbonyl (C=O) groups is 3. The molecule has 3 atom stereocenters. The molecule has 0 saturated heterocycles. The highest BCUT2D eigenvalue weighted by Gasteiger charge is 2.32. The lowest BCUT2D eigenvalue weighted by Crippen LogP contribution is -2.55. The Morgan fingerprint density at radius 1 is 1.00 bits per heavy atom. The molecule has 182 valence electrons. The summed E-state index contributed by atoms with van der Waals surface area (Å²) in [6, 6.07) is 13.9. The van der Waals surface area contributed by atoms with Crippen molar-refractivity contribution in [3.63, 3.8) is 0 Å². The van der Waals surface area contributed by atoms with Gasteiger partial charge in [-0.1, -0.05) is 68.3 Å². The summed E-state index contributed by atoms with van der Waals surface area (Å²) in [6.45, 7) is 3.65. The van der Waals surface area contributed by atoms with Crippen LogP contribution in [0.15, 0.2) is 48.5 Å². The molecular weight excluding hydrogens is 436 g/mol. The molecule has 1 aliphatic rings. The highest BCUT2D eigenvalue weighted by atomic mass is 16.5. The van der Waals surface area contributed by atoms with E-state index in [0.29, 0.717) is 12.8 Å². The normalized spacial score (nSPS) is 14.9. The van der Waals surface area contributed by atoms with Crippen molar-refractivity contribution in [3.05, 3.63) is 59.7 Å². The topological polar surface area (TPSA) is 114 Å². The lowest BCUT2D eigenvalue weighted by atomic mass is 9.98. The second kappa shape index (κ2) is 11.7. The summed E-state index contributed by atoms with van der Waals surface area (Å²) in [7, 11) is 1.37. The SMILES string of the molecule is CCCCC(NC(=O)OCC1c2ccccc2-c2ccccc21)C(=O)N[C@H](C(=O)O)[C@@H](C)OC. The van der Waals surface area contributed by atoms with E-state index in [0.717, 1.165) is 28.7 Å². The maximum absolute atomic E-state index is 12.8. The van der Waals surface area contributed by atoms with E-state index in [4.69, 9.17) is 9.47 Å². The van der Waals surface area contributed by atoms with Crippen LogP contribution < -0.4 is 10.6 Å². The molecule has 0 saturated carbocycles. The molecule has 0 spiro atoms. The fourth-order valence-electron chi connectivity index (χ4n) is 4.23. The Balaban J connectivity index is 1.66. The number of aliphatic carboxylic acids is 1. The first-order chi connectivity index (χ1) is 16.4. The highest BCUT2D eigenvalue weighted by molar-refractivity contribution is 5.89. The molecule has 8 heteroatoms. The number of ether oxygens (including phenoxy) is 2. The number of methoxy groups -OCH3 is 1. The fraction of sp³-hybridized carbons (Fsp3) is 0.423. The van der Waals surface area contributed by atoms with Crippen molar-refractivity contribution in [3.8, 4) is 11.1 Å². The Hall–Kier alpha value is -3.39. The second-order valence-electron chi connectivity index (χ2n) is 8.43. The Kier molecular flexibility index (Phi) is 8.65. The second-order valence-corrected chi connectivity index (χ2v) is 8.43. The molecule has 2 aromatic carbocycles. The van der Waals surface area contributed by atoms with Crippen molar-refractivity contribution in [1.29, 1.82) is 0 Å². The van der Waals surface area contributed by atoms with Crippen molar-refractivity contribution >= 4 is 18.0 Å². The van der Waals surface area contributed by atoms with E-state index in [-0.39, 0.29) is 12.5 Å². The van der Waals surface area contributed by atoms with Gasteiger partial charge in [0.05, 0.1) is 6.10 Å². The third kappa shape index (κ3) is 5.75. The van der Waals surface area contributed by atoms with Crippen LogP contribution >= 0.6 is 0 Å². The number of rotatable bonds is 11. The van der Waals surface area contributed by atoms with Crippen LogP contribution in [-0.2, 0) is 19.1 Å². The van der Waals surface area contributed by atoms with E-state index in [9.17, 15) is 19.5 Å². The van der Waals surface area contributed by atoms with Gasteiger partial charge in [0.25, 0.3) is 0 Å². The zero-order chi connectivity index (χ0) is 24.7. The maximum atomic E-state index is 12.8. The Bertz CT molecular complexity index is 978. The molecule has 3 rings (SSSR count). The minimum atomic E-state index is -1.23. The number of alkyl carbamates (subject to hydrolysis) is 1. The third-order valence-corrected chi connectivity index (χ3v) is 6.20. The molecule has 0 aliphatic heterocycles. The first-order valence-electron chi connectivity index (χ1n) is 11.5. The largest absolute Gasteiger partial charge is 0.480 e. The van der Waals surface area contributed by atoms with Crippen LogP contribution in [0.5, 0.6) is 0 Å². The summed E-state index contributed by atoms with van der Waals surface area (Å²) < 4.78 is 10.6. The van der Waals surface area contributed by atoms with Crippen LogP contribution in [-0.4, -0.2) is 55.0 Å². The molecular formula is C26H32N2O6. The molecule has 8 nitrogen and oxygen atoms in total. The number of benzene rings is 2. The van der Waals surface area contributed by atoms with Crippen LogP contribution in [0.3, 0.4) is 0 Å². The highest BCUT2D eigenvalue weighted by Crippen LogP contribution is 2.44. The van der Waals surface area contributed by atoms with Gasteiger partial charge in [-0.3, -0.25) is 4.79 Å². The van der Waals surface area contributed by atoms with Crippen molar-refractivity contribution < 1.29 is 29.0 Å². The average molecular weight is 469 g/mol. The maximum Gasteiger partial charge on any atom is 0.407 e. The Labute approximate surface area is 199 Å². The van der Waals surface area contributed by atoms with Crippen molar-refractivity contribution in [1.82, 2.24) is 10.6 Å². The minimum absolute atomic E-state index is 0.0972. The standard InChI is InChI=1S/C26H32N2O6/c1-4-5-14-22(24(29)28-23(25(30)31)16(2)33-3)27-26(32)34-15-21-19-12-8-6-10-17(19)18-11-7-9-13-20(18)21/h6-13,16,21-23H,4-5,14-15H2,1-3H3,(H,27,32)(H,28,29)(H,30,31)/t16-,22?,23+/m1/s1. The van der Waals surface area contributed by atoms with Crippen LogP contribution in [0, 0.1) is 0 Å². The van der Waals surface area contributed by atoms with E-state index >= 15 is 0 Å². The number of fused-ring (bicyclic) bond motifs is 3. The lowest BCUT2D eigenvalue weighted by molar-refractivity contribution is -0.145. The van der Waals surface area contributed by atoms with Gasteiger partial charge in [0.15, 0.2) is 6.04 Å². The third-order valence-electron chi connectivity index (χ3n) is 6.20. The number of carboxylic acids is 1. The molecule has 2 aromatic rings. The van der Waals surface area contributed by atoms with Crippen LogP contribution in [0.4, 0.5) is 4.79 Å². The van der Waals surface area contributed by atoms with Gasteiger partial charge in [-0.25, -0.2) is 9.59 Å². The van der Waals surface area contributed by atoms with Crippen molar-refractivity contribution in [2.24, 2.45) is 0 Å². The number of unbranched alkanes of at least 4 members (excludes halogenated alkanes) is 1. The number of amides is 2. The van der Waals surface area contributed by atoms with Crippen molar-refractivity contribution in [2.45, 2.75) is 57.2 Å². The molecule has 0 radical (unpaired) electrons. The molecule has 1 aliphatic carbocycles. The summed E-state index contributed by atoms with van der Waals surface area (Å²) >= 11 is 0. The molecule has 0 heterocycles. The zero-order valence-corrected chi connectivity index (χ0v) is 19.7. The first-order valence-corrected chi connectivity index (χ1v) is 11.5. The summed E-state index contributed by atoms with van der Waals surface area (Å²) in [4.78, 5) is 37.0. The van der Waals surface area contributed by atoms with Crippen molar-refractivity contribution in [2.75, 3.05) is 13.7 Å². The Morgan fingerprint density at radius 2 is 1.59 bits per heavy atom. The molecule has 3 N–H and O–H groups in total. The van der Waals surface area contributed by atoms with Gasteiger partial charge in [-0.2, -0.15) is 0 Å². The first kappa shape index (κ1) is 25.2. The van der Waals surface area contributed by atoms with E-state index in [1.807, 2.05) is 43.3 Å². The smallest absolute Gasteiger partial charge is 0.407 e. The number of carbonyl (C=O) groups excluding carboxylic acids is 2. The summed E-state index contributed by atoms with van der Waals surface area (Å²) in [6.07, 6.45) is 0.402. The summed E-state index contributed by atoms with van der Waals surface area (Å²) in [5.74, 6) is -1.89. The van der Waals surface area contributed by atoms with Crippen LogP contribution in [0.1, 0.15) is 50.2 Å². The average Bonchev–Trinajstić information content (AvgIpc) is 3.16. The van der Waals surface area contributed by atoms with Gasteiger partial charge < -0.3 is 25.2 Å². The molecule has 0 aromatic heterocycles. The number of hydrogen-bond donors (Lipinski definition) is 3. The van der Waals surface area contributed by atoms with Gasteiger partial charge in [0.2, 0.25) is 5.91 Å².